The molecule has 0 heterocycles. The second-order valence-corrected chi connectivity index (χ2v) is 5.18. The molecule has 0 saturated heterocycles. The van der Waals surface area contributed by atoms with E-state index in [0.29, 0.717) is 6.42 Å². The van der Waals surface area contributed by atoms with Crippen LogP contribution in [0.25, 0.3) is 0 Å². The van der Waals surface area contributed by atoms with Crippen molar-refractivity contribution in [3.8, 4) is 0 Å². The van der Waals surface area contributed by atoms with E-state index in [9.17, 15) is 4.79 Å². The standard InChI is InChI=1S/C16H26N2O/c1-12-10-13(2)15(14(3)11-12)7-9-18-16(19)6-5-8-17-4/h10-11,17H,5-9H2,1-4H3,(H,18,19). The average molecular weight is 262 g/mol. The highest BCUT2D eigenvalue weighted by molar-refractivity contribution is 5.75. The Kier molecular flexibility index (Phi) is 6.57. The number of nitrogens with one attached hydrogen (secondary N) is 2. The highest BCUT2D eigenvalue weighted by Gasteiger charge is 2.05. The maximum absolute atomic E-state index is 11.6. The Bertz CT molecular complexity index is 404. The first-order valence-corrected chi connectivity index (χ1v) is 7.02. The lowest BCUT2D eigenvalue weighted by atomic mass is 9.97. The van der Waals surface area contributed by atoms with E-state index in [0.717, 1.165) is 25.9 Å². The Hall–Kier alpha value is -1.35. The van der Waals surface area contributed by atoms with Gasteiger partial charge in [-0.3, -0.25) is 4.79 Å². The topological polar surface area (TPSA) is 41.1 Å². The zero-order valence-corrected chi connectivity index (χ0v) is 12.6. The van der Waals surface area contributed by atoms with Crippen molar-refractivity contribution in [2.75, 3.05) is 20.1 Å². The molecule has 0 bridgehead atoms. The maximum Gasteiger partial charge on any atom is 0.220 e. The minimum atomic E-state index is 0.151. The van der Waals surface area contributed by atoms with Gasteiger partial charge in [-0.2, -0.15) is 0 Å². The van der Waals surface area contributed by atoms with E-state index in [-0.39, 0.29) is 5.91 Å². The van der Waals surface area contributed by atoms with Crippen molar-refractivity contribution in [2.24, 2.45) is 0 Å². The number of carbonyl (C=O) groups excluding carboxylic acids is 1. The molecule has 0 aliphatic rings. The van der Waals surface area contributed by atoms with Crippen molar-refractivity contribution in [2.45, 2.75) is 40.0 Å². The Labute approximate surface area is 116 Å². The molecule has 1 amide bonds. The quantitative estimate of drug-likeness (QED) is 0.740. The summed E-state index contributed by atoms with van der Waals surface area (Å²) in [7, 11) is 1.90. The minimum absolute atomic E-state index is 0.151. The summed E-state index contributed by atoms with van der Waals surface area (Å²) >= 11 is 0. The molecule has 1 rings (SSSR count). The highest BCUT2D eigenvalue weighted by atomic mass is 16.1. The molecule has 0 atom stereocenters. The van der Waals surface area contributed by atoms with E-state index in [4.69, 9.17) is 0 Å². The summed E-state index contributed by atoms with van der Waals surface area (Å²) in [6.07, 6.45) is 2.41. The summed E-state index contributed by atoms with van der Waals surface area (Å²) in [4.78, 5) is 11.6. The SMILES string of the molecule is CNCCCC(=O)NCCc1c(C)cc(C)cc1C. The molecule has 0 unspecified atom stereocenters. The van der Waals surface area contributed by atoms with Gasteiger partial charge in [0.1, 0.15) is 0 Å². The van der Waals surface area contributed by atoms with Gasteiger partial charge in [0.2, 0.25) is 5.91 Å². The third-order valence-corrected chi connectivity index (χ3v) is 3.37. The summed E-state index contributed by atoms with van der Waals surface area (Å²) in [5, 5.41) is 6.04. The van der Waals surface area contributed by atoms with E-state index in [1.807, 2.05) is 7.05 Å². The van der Waals surface area contributed by atoms with Crippen molar-refractivity contribution < 1.29 is 4.79 Å². The van der Waals surface area contributed by atoms with Gasteiger partial charge in [0.25, 0.3) is 0 Å². The summed E-state index contributed by atoms with van der Waals surface area (Å²) < 4.78 is 0. The molecule has 0 radical (unpaired) electrons. The summed E-state index contributed by atoms with van der Waals surface area (Å²) in [6.45, 7) is 8.02. The first kappa shape index (κ1) is 15.7. The van der Waals surface area contributed by atoms with E-state index < -0.39 is 0 Å². The molecule has 0 aromatic heterocycles. The second kappa shape index (κ2) is 7.95. The molecule has 0 aliphatic carbocycles. The summed E-state index contributed by atoms with van der Waals surface area (Å²) in [5.41, 5.74) is 5.31. The van der Waals surface area contributed by atoms with E-state index in [1.165, 1.54) is 22.3 Å². The van der Waals surface area contributed by atoms with E-state index in [2.05, 4.69) is 43.5 Å². The van der Waals surface area contributed by atoms with Gasteiger partial charge in [-0.1, -0.05) is 17.7 Å². The summed E-state index contributed by atoms with van der Waals surface area (Å²) in [5.74, 6) is 0.151. The van der Waals surface area contributed by atoms with Crippen molar-refractivity contribution in [1.82, 2.24) is 10.6 Å². The predicted molar refractivity (Wildman–Crippen MR) is 80.5 cm³/mol. The zero-order valence-electron chi connectivity index (χ0n) is 12.6. The van der Waals surface area contributed by atoms with Crippen LogP contribution in [0.3, 0.4) is 0 Å². The third-order valence-electron chi connectivity index (χ3n) is 3.37. The number of rotatable bonds is 7. The molecule has 2 N–H and O–H groups in total. The first-order chi connectivity index (χ1) is 9.04. The second-order valence-electron chi connectivity index (χ2n) is 5.18. The van der Waals surface area contributed by atoms with Gasteiger partial charge in [-0.05, 0) is 63.9 Å². The molecular formula is C16H26N2O. The zero-order chi connectivity index (χ0) is 14.3. The van der Waals surface area contributed by atoms with Gasteiger partial charge in [0.15, 0.2) is 0 Å². The third kappa shape index (κ3) is 5.43. The lowest BCUT2D eigenvalue weighted by molar-refractivity contribution is -0.121. The average Bonchev–Trinajstić information content (AvgIpc) is 2.32. The van der Waals surface area contributed by atoms with Crippen LogP contribution < -0.4 is 10.6 Å². The number of benzene rings is 1. The molecule has 19 heavy (non-hydrogen) atoms. The molecular weight excluding hydrogens is 236 g/mol. The number of amides is 1. The van der Waals surface area contributed by atoms with E-state index in [1.54, 1.807) is 0 Å². The van der Waals surface area contributed by atoms with Gasteiger partial charge in [0, 0.05) is 13.0 Å². The molecule has 0 spiro atoms. The van der Waals surface area contributed by atoms with Crippen LogP contribution in [0.15, 0.2) is 12.1 Å². The summed E-state index contributed by atoms with van der Waals surface area (Å²) in [6, 6.07) is 4.41. The molecule has 0 fully saturated rings. The fourth-order valence-corrected chi connectivity index (χ4v) is 2.45. The van der Waals surface area contributed by atoms with Crippen LogP contribution in [0.2, 0.25) is 0 Å². The Morgan fingerprint density at radius 3 is 2.32 bits per heavy atom. The lowest BCUT2D eigenvalue weighted by Gasteiger charge is -2.12. The van der Waals surface area contributed by atoms with Gasteiger partial charge < -0.3 is 10.6 Å². The molecule has 0 aliphatic heterocycles. The van der Waals surface area contributed by atoms with Crippen LogP contribution >= 0.6 is 0 Å². The van der Waals surface area contributed by atoms with Gasteiger partial charge in [-0.15, -0.1) is 0 Å². The van der Waals surface area contributed by atoms with Crippen LogP contribution in [-0.4, -0.2) is 26.0 Å². The molecule has 1 aromatic rings. The van der Waals surface area contributed by atoms with Crippen molar-refractivity contribution in [3.05, 3.63) is 34.4 Å². The van der Waals surface area contributed by atoms with Crippen molar-refractivity contribution in [1.29, 1.82) is 0 Å². The molecule has 3 heteroatoms. The van der Waals surface area contributed by atoms with Crippen LogP contribution in [-0.2, 0) is 11.2 Å². The van der Waals surface area contributed by atoms with Gasteiger partial charge >= 0.3 is 0 Å². The minimum Gasteiger partial charge on any atom is -0.356 e. The molecule has 1 aromatic carbocycles. The monoisotopic (exact) mass is 262 g/mol. The molecule has 106 valence electrons. The normalized spacial score (nSPS) is 10.5. The lowest BCUT2D eigenvalue weighted by Crippen LogP contribution is -2.26. The maximum atomic E-state index is 11.6. The smallest absolute Gasteiger partial charge is 0.220 e. The Morgan fingerprint density at radius 2 is 1.74 bits per heavy atom. The van der Waals surface area contributed by atoms with Gasteiger partial charge in [0.05, 0.1) is 0 Å². The molecule has 3 nitrogen and oxygen atoms in total. The van der Waals surface area contributed by atoms with Crippen molar-refractivity contribution >= 4 is 5.91 Å². The highest BCUT2D eigenvalue weighted by Crippen LogP contribution is 2.16. The molecule has 0 saturated carbocycles. The Balaban J connectivity index is 2.39. The fourth-order valence-electron chi connectivity index (χ4n) is 2.45. The fraction of sp³-hybridized carbons (Fsp3) is 0.562. The number of aryl methyl sites for hydroxylation is 3. The predicted octanol–water partition coefficient (Wildman–Crippen LogP) is 2.27. The van der Waals surface area contributed by atoms with Crippen LogP contribution in [0.5, 0.6) is 0 Å². The van der Waals surface area contributed by atoms with Crippen LogP contribution in [0, 0.1) is 20.8 Å². The van der Waals surface area contributed by atoms with Crippen molar-refractivity contribution in [3.63, 3.8) is 0 Å². The van der Waals surface area contributed by atoms with Crippen LogP contribution in [0.4, 0.5) is 0 Å². The number of carbonyl (C=O) groups is 1. The van der Waals surface area contributed by atoms with Crippen LogP contribution in [0.1, 0.15) is 35.1 Å². The Morgan fingerprint density at radius 1 is 1.11 bits per heavy atom. The largest absolute Gasteiger partial charge is 0.356 e. The first-order valence-electron chi connectivity index (χ1n) is 7.02. The number of hydrogen-bond donors (Lipinski definition) is 2. The van der Waals surface area contributed by atoms with E-state index >= 15 is 0 Å². The van der Waals surface area contributed by atoms with Gasteiger partial charge in [-0.25, -0.2) is 0 Å². The number of hydrogen-bond acceptors (Lipinski definition) is 2.